The van der Waals surface area contributed by atoms with Crippen molar-refractivity contribution in [3.63, 3.8) is 0 Å². The van der Waals surface area contributed by atoms with Crippen molar-refractivity contribution in [2.24, 2.45) is 0 Å². The summed E-state index contributed by atoms with van der Waals surface area (Å²) >= 11 is 0. The molecule has 1 aromatic heterocycles. The van der Waals surface area contributed by atoms with Crippen LogP contribution in [0.4, 0.5) is 4.39 Å². The number of aryl methyl sites for hydroxylation is 1. The number of nitrogens with one attached hydrogen (secondary N) is 1. The van der Waals surface area contributed by atoms with Crippen LogP contribution in [0.1, 0.15) is 53.0 Å². The molecule has 5 heteroatoms. The van der Waals surface area contributed by atoms with E-state index in [1.807, 2.05) is 68.4 Å². The Labute approximate surface area is 227 Å². The average molecular weight is 520 g/mol. The zero-order valence-corrected chi connectivity index (χ0v) is 22.0. The summed E-state index contributed by atoms with van der Waals surface area (Å²) in [5, 5.41) is 3.80. The fourth-order valence-corrected chi connectivity index (χ4v) is 4.78. The Morgan fingerprint density at radius 1 is 0.846 bits per heavy atom. The zero-order valence-electron chi connectivity index (χ0n) is 22.0. The Hall–Kier alpha value is -4.51. The molecule has 0 saturated heterocycles. The summed E-state index contributed by atoms with van der Waals surface area (Å²) < 4.78 is 19.6. The normalized spacial score (nSPS) is 11.9. The van der Waals surface area contributed by atoms with E-state index >= 15 is 0 Å². The van der Waals surface area contributed by atoms with Gasteiger partial charge in [-0.25, -0.2) is 4.39 Å². The molecule has 5 rings (SSSR count). The molecule has 5 aromatic rings. The first-order chi connectivity index (χ1) is 18.9. The van der Waals surface area contributed by atoms with Crippen molar-refractivity contribution in [1.82, 2.24) is 5.32 Å². The SMILES string of the molecule is CCC(=O)c1c(-c2ccc(F)cc2)oc2ccc(-c3cccc(C(=O)NC(C)CCc4ccccc4)c3)cc12. The predicted octanol–water partition coefficient (Wildman–Crippen LogP) is 8.25. The Morgan fingerprint density at radius 3 is 2.31 bits per heavy atom. The number of carbonyl (C=O) groups is 2. The first-order valence-electron chi connectivity index (χ1n) is 13.2. The summed E-state index contributed by atoms with van der Waals surface area (Å²) in [7, 11) is 0. The van der Waals surface area contributed by atoms with Gasteiger partial charge in [0.1, 0.15) is 17.2 Å². The van der Waals surface area contributed by atoms with Crippen molar-refractivity contribution < 1.29 is 18.4 Å². The number of benzene rings is 4. The third-order valence-corrected chi connectivity index (χ3v) is 6.94. The van der Waals surface area contributed by atoms with Crippen LogP contribution in [0.2, 0.25) is 0 Å². The van der Waals surface area contributed by atoms with E-state index in [-0.39, 0.29) is 23.5 Å². The monoisotopic (exact) mass is 519 g/mol. The Balaban J connectivity index is 1.41. The molecule has 0 aliphatic carbocycles. The lowest BCUT2D eigenvalue weighted by molar-refractivity contribution is 0.0937. The van der Waals surface area contributed by atoms with Crippen LogP contribution >= 0.6 is 0 Å². The lowest BCUT2D eigenvalue weighted by atomic mass is 9.97. The van der Waals surface area contributed by atoms with Gasteiger partial charge in [0.05, 0.1) is 5.56 Å². The summed E-state index contributed by atoms with van der Waals surface area (Å²) in [6.07, 6.45) is 2.05. The van der Waals surface area contributed by atoms with Crippen LogP contribution in [0, 0.1) is 5.82 Å². The second kappa shape index (κ2) is 11.5. The van der Waals surface area contributed by atoms with Crippen LogP contribution in [0.15, 0.2) is 101 Å². The molecule has 0 bridgehead atoms. The summed E-state index contributed by atoms with van der Waals surface area (Å²) in [5.74, 6) is -0.0910. The number of halogens is 1. The van der Waals surface area contributed by atoms with Gasteiger partial charge in [-0.1, -0.05) is 55.5 Å². The topological polar surface area (TPSA) is 59.3 Å². The Bertz CT molecular complexity index is 1620. The van der Waals surface area contributed by atoms with Crippen molar-refractivity contribution in [3.05, 3.63) is 120 Å². The molecule has 1 amide bonds. The minimum atomic E-state index is -0.352. The van der Waals surface area contributed by atoms with Crippen molar-refractivity contribution in [2.75, 3.05) is 0 Å². The van der Waals surface area contributed by atoms with E-state index in [1.165, 1.54) is 17.7 Å². The fraction of sp³-hybridized carbons (Fsp3) is 0.176. The number of Topliss-reactive ketones (excluding diaryl/α,β-unsaturated/α-hetero) is 1. The largest absolute Gasteiger partial charge is 0.455 e. The third kappa shape index (κ3) is 5.83. The number of hydrogen-bond acceptors (Lipinski definition) is 3. The summed E-state index contributed by atoms with van der Waals surface area (Å²) in [6, 6.07) is 29.3. The van der Waals surface area contributed by atoms with E-state index in [2.05, 4.69) is 17.4 Å². The lowest BCUT2D eigenvalue weighted by Crippen LogP contribution is -2.32. The van der Waals surface area contributed by atoms with Gasteiger partial charge in [0.2, 0.25) is 0 Å². The zero-order chi connectivity index (χ0) is 27.4. The van der Waals surface area contributed by atoms with Gasteiger partial charge in [-0.15, -0.1) is 0 Å². The van der Waals surface area contributed by atoms with Gasteiger partial charge in [-0.05, 0) is 85.0 Å². The molecule has 39 heavy (non-hydrogen) atoms. The van der Waals surface area contributed by atoms with Crippen molar-refractivity contribution in [3.8, 4) is 22.5 Å². The minimum Gasteiger partial charge on any atom is -0.455 e. The maximum absolute atomic E-state index is 13.5. The molecule has 0 spiro atoms. The number of carbonyl (C=O) groups excluding carboxylic acids is 2. The van der Waals surface area contributed by atoms with Gasteiger partial charge >= 0.3 is 0 Å². The number of hydrogen-bond donors (Lipinski definition) is 1. The highest BCUT2D eigenvalue weighted by Crippen LogP contribution is 2.37. The van der Waals surface area contributed by atoms with Crippen LogP contribution in [-0.2, 0) is 6.42 Å². The van der Waals surface area contributed by atoms with Gasteiger partial charge < -0.3 is 9.73 Å². The van der Waals surface area contributed by atoms with Crippen molar-refractivity contribution in [1.29, 1.82) is 0 Å². The van der Waals surface area contributed by atoms with E-state index in [4.69, 9.17) is 4.42 Å². The molecular weight excluding hydrogens is 489 g/mol. The smallest absolute Gasteiger partial charge is 0.251 e. The van der Waals surface area contributed by atoms with E-state index in [0.717, 1.165) is 24.0 Å². The molecule has 4 aromatic carbocycles. The summed E-state index contributed by atoms with van der Waals surface area (Å²) in [6.45, 7) is 3.82. The van der Waals surface area contributed by atoms with Crippen LogP contribution in [-0.4, -0.2) is 17.7 Å². The van der Waals surface area contributed by atoms with Gasteiger partial charge in [-0.2, -0.15) is 0 Å². The molecule has 1 heterocycles. The van der Waals surface area contributed by atoms with Gasteiger partial charge in [0, 0.05) is 29.0 Å². The highest BCUT2D eigenvalue weighted by Gasteiger charge is 2.22. The van der Waals surface area contributed by atoms with Crippen molar-refractivity contribution >= 4 is 22.7 Å². The highest BCUT2D eigenvalue weighted by molar-refractivity contribution is 6.12. The van der Waals surface area contributed by atoms with Crippen LogP contribution in [0.25, 0.3) is 33.4 Å². The molecule has 0 saturated carbocycles. The maximum atomic E-state index is 13.5. The van der Waals surface area contributed by atoms with Crippen LogP contribution < -0.4 is 5.32 Å². The standard InChI is InChI=1S/C34H30FNO3/c1-3-30(37)32-29-21-26(16-19-31(29)39-33(32)24-14-17-28(35)18-15-24)25-10-7-11-27(20-25)34(38)36-22(2)12-13-23-8-5-4-6-9-23/h4-11,14-22H,3,12-13H2,1-2H3,(H,36,38). The van der Waals surface area contributed by atoms with Crippen LogP contribution in [0.3, 0.4) is 0 Å². The van der Waals surface area contributed by atoms with Gasteiger partial charge in [0.25, 0.3) is 5.91 Å². The van der Waals surface area contributed by atoms with E-state index in [9.17, 15) is 14.0 Å². The molecule has 1 unspecified atom stereocenters. The summed E-state index contributed by atoms with van der Waals surface area (Å²) in [5.41, 5.74) is 5.26. The maximum Gasteiger partial charge on any atom is 0.251 e. The van der Waals surface area contributed by atoms with Crippen molar-refractivity contribution in [2.45, 2.75) is 39.2 Å². The van der Waals surface area contributed by atoms with Gasteiger partial charge in [0.15, 0.2) is 5.78 Å². The number of ketones is 1. The first kappa shape index (κ1) is 26.1. The third-order valence-electron chi connectivity index (χ3n) is 6.94. The molecule has 1 atom stereocenters. The number of furan rings is 1. The van der Waals surface area contributed by atoms with E-state index in [1.54, 1.807) is 18.2 Å². The Kier molecular flexibility index (Phi) is 7.69. The van der Waals surface area contributed by atoms with E-state index < -0.39 is 0 Å². The quantitative estimate of drug-likeness (QED) is 0.200. The summed E-state index contributed by atoms with van der Waals surface area (Å²) in [4.78, 5) is 26.0. The fourth-order valence-electron chi connectivity index (χ4n) is 4.78. The molecule has 0 aliphatic heterocycles. The molecule has 1 N–H and O–H groups in total. The first-order valence-corrected chi connectivity index (χ1v) is 13.2. The number of amides is 1. The molecule has 196 valence electrons. The van der Waals surface area contributed by atoms with Gasteiger partial charge in [-0.3, -0.25) is 9.59 Å². The number of rotatable bonds is 9. The molecule has 0 aliphatic rings. The lowest BCUT2D eigenvalue weighted by Gasteiger charge is -2.14. The molecular formula is C34H30FNO3. The highest BCUT2D eigenvalue weighted by atomic mass is 19.1. The second-order valence-corrected chi connectivity index (χ2v) is 9.78. The Morgan fingerprint density at radius 2 is 1.56 bits per heavy atom. The molecule has 0 fully saturated rings. The van der Waals surface area contributed by atoms with Crippen LogP contribution in [0.5, 0.6) is 0 Å². The van der Waals surface area contributed by atoms with E-state index in [0.29, 0.717) is 39.8 Å². The predicted molar refractivity (Wildman–Crippen MR) is 153 cm³/mol. The molecule has 0 radical (unpaired) electrons. The number of fused-ring (bicyclic) bond motifs is 1. The average Bonchev–Trinajstić information content (AvgIpc) is 3.35. The minimum absolute atomic E-state index is 0.0242. The molecule has 4 nitrogen and oxygen atoms in total. The second-order valence-electron chi connectivity index (χ2n) is 9.78.